The highest BCUT2D eigenvalue weighted by molar-refractivity contribution is 5.95. The number of nitrogens with zero attached hydrogens (tertiary/aromatic N) is 1. The molecule has 0 aromatic heterocycles. The molecule has 1 aromatic rings. The molecule has 162 valence electrons. The summed E-state index contributed by atoms with van der Waals surface area (Å²) in [4.78, 5) is 17.2. The zero-order valence-electron chi connectivity index (χ0n) is 17.1. The number of carbonyl (C=O) groups excluding carboxylic acids is 1. The van der Waals surface area contributed by atoms with Crippen molar-refractivity contribution in [3.8, 4) is 0 Å². The molecule has 2 aliphatic heterocycles. The van der Waals surface area contributed by atoms with Gasteiger partial charge in [0.15, 0.2) is 6.54 Å². The molecule has 2 heterocycles. The Morgan fingerprint density at radius 3 is 2.55 bits per heavy atom. The average molecular weight is 416 g/mol. The number of amides is 1. The van der Waals surface area contributed by atoms with E-state index in [0.29, 0.717) is 38.0 Å². The number of quaternary nitrogens is 2. The molecular weight excluding hydrogens is 385 g/mol. The summed E-state index contributed by atoms with van der Waals surface area (Å²) in [7, 11) is 4.15. The molecule has 9 heteroatoms. The first-order chi connectivity index (χ1) is 13.7. The van der Waals surface area contributed by atoms with Crippen LogP contribution in [-0.4, -0.2) is 72.0 Å². The van der Waals surface area contributed by atoms with Gasteiger partial charge in [-0.15, -0.1) is 0 Å². The molecule has 3 N–H and O–H groups in total. The maximum Gasteiger partial charge on any atom is 0.416 e. The van der Waals surface area contributed by atoms with Crippen LogP contribution >= 0.6 is 0 Å². The fraction of sp³-hybridized carbons (Fsp3) is 0.650. The first-order valence-corrected chi connectivity index (χ1v) is 10.2. The van der Waals surface area contributed by atoms with Crippen molar-refractivity contribution < 1.29 is 32.5 Å². The van der Waals surface area contributed by atoms with E-state index < -0.39 is 11.7 Å². The second kappa shape index (κ2) is 9.32. The van der Waals surface area contributed by atoms with Crippen LogP contribution in [0.3, 0.4) is 0 Å². The minimum absolute atomic E-state index is 0.215. The maximum atomic E-state index is 13.2. The van der Waals surface area contributed by atoms with Crippen molar-refractivity contribution in [3.05, 3.63) is 23.8 Å². The fourth-order valence-corrected chi connectivity index (χ4v) is 4.09. The molecule has 1 aromatic carbocycles. The molecule has 1 unspecified atom stereocenters. The second-order valence-electron chi connectivity index (χ2n) is 8.13. The first-order valence-electron chi connectivity index (χ1n) is 10.2. The Labute approximate surface area is 169 Å². The van der Waals surface area contributed by atoms with E-state index >= 15 is 0 Å². The highest BCUT2D eigenvalue weighted by atomic mass is 19.4. The zero-order chi connectivity index (χ0) is 21.0. The highest BCUT2D eigenvalue weighted by Crippen LogP contribution is 2.35. The topological polar surface area (TPSA) is 50.5 Å². The van der Waals surface area contributed by atoms with Gasteiger partial charge in [-0.05, 0) is 18.2 Å². The Morgan fingerprint density at radius 2 is 1.93 bits per heavy atom. The molecule has 2 saturated heterocycles. The van der Waals surface area contributed by atoms with Gasteiger partial charge in [-0.25, -0.2) is 0 Å². The molecule has 6 nitrogen and oxygen atoms in total. The second-order valence-corrected chi connectivity index (χ2v) is 8.13. The van der Waals surface area contributed by atoms with E-state index in [1.165, 1.54) is 11.0 Å². The zero-order valence-corrected chi connectivity index (χ0v) is 17.1. The summed E-state index contributed by atoms with van der Waals surface area (Å²) < 4.78 is 45.0. The monoisotopic (exact) mass is 416 g/mol. The minimum atomic E-state index is -4.46. The first kappa shape index (κ1) is 21.9. The molecule has 0 spiro atoms. The van der Waals surface area contributed by atoms with E-state index in [9.17, 15) is 18.0 Å². The standard InChI is InChI=1S/C20H29F3N4O2/c1-25-7-5-16(6-8-25)26(2)14-19(28)24-17-13-15(20(21,22)23)3-4-18(17)27-9-11-29-12-10-27/h3-4,13,16H,5-12,14H2,1-2H3,(H,24,28)/p+2. The number of piperidine rings is 1. The number of halogens is 3. The Balaban J connectivity index is 1.72. The summed E-state index contributed by atoms with van der Waals surface area (Å²) in [6.07, 6.45) is -2.36. The third-order valence-electron chi connectivity index (χ3n) is 5.93. The summed E-state index contributed by atoms with van der Waals surface area (Å²) in [5.41, 5.74) is 0.0614. The van der Waals surface area contributed by atoms with Gasteiger partial charge < -0.3 is 24.8 Å². The van der Waals surface area contributed by atoms with Crippen LogP contribution in [0.2, 0.25) is 0 Å². The van der Waals surface area contributed by atoms with Crippen LogP contribution in [-0.2, 0) is 15.7 Å². The SMILES string of the molecule is C[NH+]1CCC([NH+](C)CC(=O)Nc2cc(C(F)(F)F)ccc2N2CCOCC2)CC1. The summed E-state index contributed by atoms with van der Waals surface area (Å²) >= 11 is 0. The van der Waals surface area contributed by atoms with Crippen molar-refractivity contribution in [1.82, 2.24) is 0 Å². The Morgan fingerprint density at radius 1 is 1.28 bits per heavy atom. The summed E-state index contributed by atoms with van der Waals surface area (Å²) in [5, 5.41) is 2.75. The lowest BCUT2D eigenvalue weighted by atomic mass is 10.0. The number of likely N-dealkylation sites (N-methyl/N-ethyl adjacent to an activating group) is 1. The van der Waals surface area contributed by atoms with Crippen LogP contribution in [0.4, 0.5) is 24.5 Å². The van der Waals surface area contributed by atoms with Gasteiger partial charge in [0.25, 0.3) is 5.91 Å². The lowest BCUT2D eigenvalue weighted by molar-refractivity contribution is -0.935. The number of ether oxygens (including phenoxy) is 1. The van der Waals surface area contributed by atoms with Crippen molar-refractivity contribution in [1.29, 1.82) is 0 Å². The number of hydrogen-bond donors (Lipinski definition) is 3. The highest BCUT2D eigenvalue weighted by Gasteiger charge is 2.32. The van der Waals surface area contributed by atoms with Gasteiger partial charge in [0, 0.05) is 25.9 Å². The third kappa shape index (κ3) is 5.83. The fourth-order valence-electron chi connectivity index (χ4n) is 4.09. The van der Waals surface area contributed by atoms with Crippen LogP contribution in [0.25, 0.3) is 0 Å². The lowest BCUT2D eigenvalue weighted by Gasteiger charge is -2.32. The number of rotatable bonds is 5. The maximum absolute atomic E-state index is 13.2. The molecular formula is C20H31F3N4O2+2. The number of morpholine rings is 1. The van der Waals surface area contributed by atoms with Gasteiger partial charge in [0.1, 0.15) is 0 Å². The van der Waals surface area contributed by atoms with E-state index in [4.69, 9.17) is 4.74 Å². The van der Waals surface area contributed by atoms with Gasteiger partial charge in [-0.1, -0.05) is 0 Å². The molecule has 3 rings (SSSR count). The van der Waals surface area contributed by atoms with E-state index in [0.717, 1.165) is 43.0 Å². The molecule has 1 amide bonds. The van der Waals surface area contributed by atoms with Crippen molar-refractivity contribution in [2.75, 3.05) is 70.2 Å². The summed E-state index contributed by atoms with van der Waals surface area (Å²) in [5.74, 6) is -0.261. The normalized spacial score (nSPS) is 24.2. The Hall–Kier alpha value is -1.84. The molecule has 1 atom stereocenters. The number of hydrogen-bond acceptors (Lipinski definition) is 3. The molecule has 0 radical (unpaired) electrons. The smallest absolute Gasteiger partial charge is 0.378 e. The van der Waals surface area contributed by atoms with Crippen LogP contribution in [0, 0.1) is 0 Å². The van der Waals surface area contributed by atoms with Gasteiger partial charge in [0.2, 0.25) is 0 Å². The van der Waals surface area contributed by atoms with Gasteiger partial charge in [-0.3, -0.25) is 4.79 Å². The molecule has 0 saturated carbocycles. The summed E-state index contributed by atoms with van der Waals surface area (Å²) in [6, 6.07) is 3.96. The Kier molecular flexibility index (Phi) is 7.02. The van der Waals surface area contributed by atoms with Crippen molar-refractivity contribution in [2.24, 2.45) is 0 Å². The minimum Gasteiger partial charge on any atom is -0.378 e. The van der Waals surface area contributed by atoms with E-state index in [1.807, 2.05) is 11.9 Å². The van der Waals surface area contributed by atoms with Crippen molar-refractivity contribution in [2.45, 2.75) is 25.1 Å². The third-order valence-corrected chi connectivity index (χ3v) is 5.93. The number of benzene rings is 1. The molecule has 29 heavy (non-hydrogen) atoms. The number of anilines is 2. The average Bonchev–Trinajstić information content (AvgIpc) is 2.68. The molecule has 0 bridgehead atoms. The predicted octanol–water partition coefficient (Wildman–Crippen LogP) is -0.328. The molecule has 2 fully saturated rings. The van der Waals surface area contributed by atoms with Gasteiger partial charge in [-0.2, -0.15) is 13.2 Å². The van der Waals surface area contributed by atoms with E-state index in [-0.39, 0.29) is 18.1 Å². The van der Waals surface area contributed by atoms with Gasteiger partial charge in [0.05, 0.1) is 63.4 Å². The summed E-state index contributed by atoms with van der Waals surface area (Å²) in [6.45, 7) is 4.59. The van der Waals surface area contributed by atoms with Crippen LogP contribution in [0.5, 0.6) is 0 Å². The van der Waals surface area contributed by atoms with Crippen LogP contribution in [0.15, 0.2) is 18.2 Å². The largest absolute Gasteiger partial charge is 0.416 e. The molecule has 2 aliphatic rings. The van der Waals surface area contributed by atoms with E-state index in [1.54, 1.807) is 0 Å². The molecule has 0 aliphatic carbocycles. The number of alkyl halides is 3. The van der Waals surface area contributed by atoms with Crippen molar-refractivity contribution >= 4 is 17.3 Å². The van der Waals surface area contributed by atoms with Crippen LogP contribution < -0.4 is 20.0 Å². The van der Waals surface area contributed by atoms with E-state index in [2.05, 4.69) is 12.4 Å². The number of carbonyl (C=O) groups is 1. The van der Waals surface area contributed by atoms with Gasteiger partial charge >= 0.3 is 6.18 Å². The van der Waals surface area contributed by atoms with Crippen LogP contribution in [0.1, 0.15) is 18.4 Å². The Bertz CT molecular complexity index is 699. The quantitative estimate of drug-likeness (QED) is 0.617. The number of nitrogens with one attached hydrogen (secondary N) is 3. The van der Waals surface area contributed by atoms with Crippen molar-refractivity contribution in [3.63, 3.8) is 0 Å². The lowest BCUT2D eigenvalue weighted by Crippen LogP contribution is -3.18. The predicted molar refractivity (Wildman–Crippen MR) is 105 cm³/mol. The number of likely N-dealkylation sites (tertiary alicyclic amines) is 1.